The molecule has 4 rings (SSSR count). The Balaban J connectivity index is 1.80. The van der Waals surface area contributed by atoms with E-state index in [1.807, 2.05) is 42.5 Å². The van der Waals surface area contributed by atoms with E-state index in [0.717, 1.165) is 27.4 Å². The average molecular weight is 570 g/mol. The summed E-state index contributed by atoms with van der Waals surface area (Å²) in [6.45, 7) is 0. The number of rotatable bonds is 8. The number of hydrogen-bond donors (Lipinski definition) is 3. The second-order valence-corrected chi connectivity index (χ2v) is 11.3. The number of amides is 1. The van der Waals surface area contributed by atoms with E-state index in [9.17, 15) is 18.0 Å². The number of halogens is 1. The molecule has 186 valence electrons. The van der Waals surface area contributed by atoms with E-state index in [0.29, 0.717) is 34.8 Å². The number of aliphatic carboxylic acids is 1. The molecule has 0 saturated heterocycles. The second-order valence-electron chi connectivity index (χ2n) is 8.39. The fourth-order valence-electron chi connectivity index (χ4n) is 3.90. The number of fused-ring (bicyclic) bond motifs is 1. The molecule has 3 N–H and O–H groups in total. The summed E-state index contributed by atoms with van der Waals surface area (Å²) in [4.78, 5) is 24.2. The molecular weight excluding hydrogens is 546 g/mol. The van der Waals surface area contributed by atoms with Crippen molar-refractivity contribution in [3.63, 3.8) is 0 Å². The number of nitrogens with zero attached hydrogens (tertiary/aromatic N) is 1. The first-order chi connectivity index (χ1) is 17.0. The molecule has 3 aromatic rings. The number of hydrogen-bond acceptors (Lipinski definition) is 5. The normalized spacial score (nSPS) is 14.1. The summed E-state index contributed by atoms with van der Waals surface area (Å²) in [5.74, 6) is -1.15. The number of carboxylic acids is 1. The molecule has 0 unspecified atom stereocenters. The van der Waals surface area contributed by atoms with E-state index >= 15 is 0 Å². The van der Waals surface area contributed by atoms with E-state index in [1.165, 1.54) is 11.4 Å². The van der Waals surface area contributed by atoms with Gasteiger partial charge in [0.1, 0.15) is 0 Å². The van der Waals surface area contributed by atoms with Gasteiger partial charge in [-0.3, -0.25) is 13.9 Å². The van der Waals surface area contributed by atoms with Crippen LogP contribution < -0.4 is 14.9 Å². The molecule has 0 radical (unpaired) electrons. The molecule has 0 bridgehead atoms. The molecule has 1 aliphatic rings. The van der Waals surface area contributed by atoms with E-state index in [4.69, 9.17) is 5.11 Å². The first-order valence-electron chi connectivity index (χ1n) is 11.0. The van der Waals surface area contributed by atoms with Crippen LogP contribution in [0.15, 0.2) is 71.2 Å². The summed E-state index contributed by atoms with van der Waals surface area (Å²) >= 11 is 3.43. The first kappa shape index (κ1) is 25.5. The fraction of sp³-hybridized carbons (Fsp3) is 0.154. The molecule has 10 heteroatoms. The van der Waals surface area contributed by atoms with Crippen LogP contribution in [0.5, 0.6) is 0 Å². The van der Waals surface area contributed by atoms with Crippen molar-refractivity contribution in [2.24, 2.45) is 0 Å². The highest BCUT2D eigenvalue weighted by Gasteiger charge is 2.28. The van der Waals surface area contributed by atoms with Crippen molar-refractivity contribution < 1.29 is 23.1 Å². The highest BCUT2D eigenvalue weighted by molar-refractivity contribution is 9.10. The molecular formula is C26H24BrN3O5S. The van der Waals surface area contributed by atoms with E-state index in [2.05, 4.69) is 26.6 Å². The highest BCUT2D eigenvalue weighted by atomic mass is 79.9. The minimum Gasteiger partial charge on any atom is -0.481 e. The van der Waals surface area contributed by atoms with Gasteiger partial charge < -0.3 is 15.7 Å². The van der Waals surface area contributed by atoms with Gasteiger partial charge in [0.2, 0.25) is 10.0 Å². The minimum atomic E-state index is -3.40. The van der Waals surface area contributed by atoms with Crippen molar-refractivity contribution in [1.29, 1.82) is 0 Å². The van der Waals surface area contributed by atoms with Crippen molar-refractivity contribution in [3.8, 4) is 0 Å². The number of sulfonamides is 1. The van der Waals surface area contributed by atoms with Crippen LogP contribution >= 0.6 is 15.9 Å². The molecule has 0 saturated carbocycles. The quantitative estimate of drug-likeness (QED) is 0.336. The standard InChI is InChI=1S/C26H24BrN3O5S/c1-30(36(2,34)35)20-10-8-19(9-11-20)28-25(17-5-3-4-16(14-17)6-13-23(31)32)24-21-12-7-18(27)15-22(21)29-26(24)33/h3-5,7-12,14-15,28H,6,13H2,1-2H3,(H,29,33)(H,31,32). The van der Waals surface area contributed by atoms with Crippen LogP contribution in [-0.2, 0) is 26.0 Å². The number of anilines is 3. The molecule has 0 fully saturated rings. The lowest BCUT2D eigenvalue weighted by Gasteiger charge is -2.19. The van der Waals surface area contributed by atoms with Crippen molar-refractivity contribution in [2.45, 2.75) is 12.8 Å². The Bertz CT molecular complexity index is 1480. The maximum atomic E-state index is 13.1. The summed E-state index contributed by atoms with van der Waals surface area (Å²) in [6.07, 6.45) is 1.48. The summed E-state index contributed by atoms with van der Waals surface area (Å²) in [6, 6.07) is 19.8. The van der Waals surface area contributed by atoms with Gasteiger partial charge in [-0.25, -0.2) is 8.42 Å². The molecule has 0 aromatic heterocycles. The van der Waals surface area contributed by atoms with Gasteiger partial charge in [0.25, 0.3) is 5.91 Å². The van der Waals surface area contributed by atoms with Gasteiger partial charge in [0.15, 0.2) is 0 Å². The number of aryl methyl sites for hydroxylation is 1. The van der Waals surface area contributed by atoms with Crippen LogP contribution in [0.25, 0.3) is 11.3 Å². The average Bonchev–Trinajstić information content (AvgIpc) is 3.15. The SMILES string of the molecule is CN(c1ccc(NC(=C2C(=O)Nc3cc(Br)ccc32)c2cccc(CCC(=O)O)c2)cc1)S(C)(=O)=O. The summed E-state index contributed by atoms with van der Waals surface area (Å²) in [7, 11) is -1.93. The van der Waals surface area contributed by atoms with Crippen LogP contribution in [0, 0.1) is 0 Å². The predicted octanol–water partition coefficient (Wildman–Crippen LogP) is 4.79. The smallest absolute Gasteiger partial charge is 0.303 e. The van der Waals surface area contributed by atoms with Gasteiger partial charge in [-0.15, -0.1) is 0 Å². The number of benzene rings is 3. The molecule has 36 heavy (non-hydrogen) atoms. The molecule has 3 aromatic carbocycles. The van der Waals surface area contributed by atoms with E-state index in [-0.39, 0.29) is 12.3 Å². The predicted molar refractivity (Wildman–Crippen MR) is 145 cm³/mol. The van der Waals surface area contributed by atoms with Crippen LogP contribution in [0.4, 0.5) is 17.1 Å². The molecule has 1 heterocycles. The van der Waals surface area contributed by atoms with Crippen LogP contribution in [0.2, 0.25) is 0 Å². The van der Waals surface area contributed by atoms with Crippen molar-refractivity contribution in [1.82, 2.24) is 0 Å². The third-order valence-corrected chi connectivity index (χ3v) is 7.52. The topological polar surface area (TPSA) is 116 Å². The zero-order valence-electron chi connectivity index (χ0n) is 19.6. The van der Waals surface area contributed by atoms with E-state index in [1.54, 1.807) is 24.3 Å². The van der Waals surface area contributed by atoms with Gasteiger partial charge >= 0.3 is 5.97 Å². The van der Waals surface area contributed by atoms with Crippen LogP contribution in [0.1, 0.15) is 23.1 Å². The van der Waals surface area contributed by atoms with Gasteiger partial charge in [-0.05, 0) is 60.0 Å². The van der Waals surface area contributed by atoms with Crippen molar-refractivity contribution >= 4 is 66.2 Å². The Morgan fingerprint density at radius 1 is 1.08 bits per heavy atom. The molecule has 8 nitrogen and oxygen atoms in total. The van der Waals surface area contributed by atoms with Crippen molar-refractivity contribution in [3.05, 3.63) is 87.9 Å². The lowest BCUT2D eigenvalue weighted by Crippen LogP contribution is -2.24. The molecule has 1 amide bonds. The lowest BCUT2D eigenvalue weighted by molar-refractivity contribution is -0.137. The first-order valence-corrected chi connectivity index (χ1v) is 13.6. The third kappa shape index (κ3) is 5.60. The Morgan fingerprint density at radius 3 is 2.47 bits per heavy atom. The van der Waals surface area contributed by atoms with Crippen LogP contribution in [0.3, 0.4) is 0 Å². The van der Waals surface area contributed by atoms with Gasteiger partial charge in [0, 0.05) is 29.2 Å². The van der Waals surface area contributed by atoms with Crippen LogP contribution in [-0.4, -0.2) is 38.7 Å². The third-order valence-electron chi connectivity index (χ3n) is 5.82. The van der Waals surface area contributed by atoms with Gasteiger partial charge in [-0.1, -0.05) is 40.2 Å². The highest BCUT2D eigenvalue weighted by Crippen LogP contribution is 2.39. The molecule has 0 atom stereocenters. The zero-order valence-corrected chi connectivity index (χ0v) is 22.0. The van der Waals surface area contributed by atoms with E-state index < -0.39 is 16.0 Å². The molecule has 0 spiro atoms. The zero-order chi connectivity index (χ0) is 26.0. The maximum Gasteiger partial charge on any atom is 0.303 e. The number of carboxylic acid groups (broad SMARTS) is 1. The number of carbonyl (C=O) groups excluding carboxylic acids is 1. The Labute approximate surface area is 217 Å². The Kier molecular flexibility index (Phi) is 7.18. The van der Waals surface area contributed by atoms with Crippen molar-refractivity contribution in [2.75, 3.05) is 28.2 Å². The monoisotopic (exact) mass is 569 g/mol. The lowest BCUT2D eigenvalue weighted by atomic mass is 9.98. The van der Waals surface area contributed by atoms with Gasteiger partial charge in [0.05, 0.1) is 28.9 Å². The largest absolute Gasteiger partial charge is 0.481 e. The van der Waals surface area contributed by atoms with Gasteiger partial charge in [-0.2, -0.15) is 0 Å². The maximum absolute atomic E-state index is 13.1. The Hall–Kier alpha value is -3.63. The summed E-state index contributed by atoms with van der Waals surface area (Å²) in [5.41, 5.74) is 5.11. The second kappa shape index (κ2) is 10.2. The summed E-state index contributed by atoms with van der Waals surface area (Å²) < 4.78 is 25.8. The fourth-order valence-corrected chi connectivity index (χ4v) is 4.76. The molecule has 1 aliphatic heterocycles. The molecule has 0 aliphatic carbocycles. The minimum absolute atomic E-state index is 0.00451. The summed E-state index contributed by atoms with van der Waals surface area (Å²) in [5, 5.41) is 15.3. The number of nitrogens with one attached hydrogen (secondary N) is 2. The number of carbonyl (C=O) groups is 2. The Morgan fingerprint density at radius 2 is 1.81 bits per heavy atom.